The predicted molar refractivity (Wildman–Crippen MR) is 112 cm³/mol. The summed E-state index contributed by atoms with van der Waals surface area (Å²) in [6.45, 7) is 2.06. The summed E-state index contributed by atoms with van der Waals surface area (Å²) in [6, 6.07) is 9.79. The molecule has 1 saturated heterocycles. The number of nitro groups is 1. The number of para-hydroxylation sites is 1. The fourth-order valence-electron chi connectivity index (χ4n) is 3.56. The number of aromatic nitrogens is 1. The Kier molecular flexibility index (Phi) is 5.63. The molecule has 1 aliphatic rings. The first-order valence-corrected chi connectivity index (χ1v) is 9.53. The molecule has 2 heterocycles. The number of nitrogens with zero attached hydrogens (tertiary/aromatic N) is 3. The van der Waals surface area contributed by atoms with Gasteiger partial charge >= 0.3 is 11.7 Å². The molecular formula is C21H19FN4O5. The van der Waals surface area contributed by atoms with Crippen LogP contribution in [0, 0.1) is 15.9 Å². The molecule has 1 aromatic heterocycles. The lowest BCUT2D eigenvalue weighted by atomic mass is 10.1. The number of pyridine rings is 1. The first-order valence-electron chi connectivity index (χ1n) is 9.53. The largest absolute Gasteiger partial charge is 0.465 e. The number of hydrogen-bond acceptors (Lipinski definition) is 8. The van der Waals surface area contributed by atoms with Gasteiger partial charge in [0.1, 0.15) is 11.3 Å². The van der Waals surface area contributed by atoms with Crippen molar-refractivity contribution in [2.75, 3.05) is 43.6 Å². The normalized spacial score (nSPS) is 13.8. The van der Waals surface area contributed by atoms with Gasteiger partial charge in [0.25, 0.3) is 0 Å². The molecule has 0 atom stereocenters. The Bertz CT molecular complexity index is 1160. The molecule has 2 aromatic carbocycles. The zero-order valence-corrected chi connectivity index (χ0v) is 16.6. The van der Waals surface area contributed by atoms with E-state index in [1.165, 1.54) is 12.1 Å². The van der Waals surface area contributed by atoms with Crippen LogP contribution >= 0.6 is 0 Å². The fraction of sp³-hybridized carbons (Fsp3) is 0.238. The van der Waals surface area contributed by atoms with Crippen LogP contribution in [-0.2, 0) is 9.47 Å². The van der Waals surface area contributed by atoms with Crippen LogP contribution < -0.4 is 10.2 Å². The molecule has 10 heteroatoms. The SMILES string of the molecule is COC(=O)c1cc(N2CCOCC2)cc(Nc2c(F)cnc3ccccc23)c1[N+](=O)[O-]. The Hall–Kier alpha value is -3.79. The van der Waals surface area contributed by atoms with Crippen molar-refractivity contribution in [3.05, 3.63) is 64.1 Å². The van der Waals surface area contributed by atoms with Gasteiger partial charge in [0.15, 0.2) is 5.82 Å². The number of esters is 1. The van der Waals surface area contributed by atoms with E-state index >= 15 is 0 Å². The van der Waals surface area contributed by atoms with Gasteiger partial charge in [0, 0.05) is 24.2 Å². The molecule has 9 nitrogen and oxygen atoms in total. The minimum Gasteiger partial charge on any atom is -0.465 e. The number of ether oxygens (including phenoxy) is 2. The number of rotatable bonds is 5. The fourth-order valence-corrected chi connectivity index (χ4v) is 3.56. The van der Waals surface area contributed by atoms with Crippen LogP contribution in [-0.4, -0.2) is 49.3 Å². The summed E-state index contributed by atoms with van der Waals surface area (Å²) in [7, 11) is 1.15. The van der Waals surface area contributed by atoms with Crippen molar-refractivity contribution in [1.29, 1.82) is 0 Å². The lowest BCUT2D eigenvalue weighted by Crippen LogP contribution is -2.36. The molecule has 0 saturated carbocycles. The lowest BCUT2D eigenvalue weighted by Gasteiger charge is -2.29. The van der Waals surface area contributed by atoms with Crippen LogP contribution in [0.2, 0.25) is 0 Å². The standard InChI is InChI=1S/C21H19FN4O5/c1-30-21(27)15-10-13(25-6-8-31-9-7-25)11-18(20(15)26(28)29)24-19-14-4-2-3-5-17(14)23-12-16(19)22/h2-5,10-12H,6-9H2,1H3,(H,23,24). The highest BCUT2D eigenvalue weighted by atomic mass is 19.1. The van der Waals surface area contributed by atoms with Gasteiger partial charge in [0.05, 0.1) is 42.6 Å². The molecule has 0 radical (unpaired) electrons. The maximum absolute atomic E-state index is 14.7. The predicted octanol–water partition coefficient (Wildman–Crippen LogP) is 3.65. The Morgan fingerprint density at radius 2 is 2.03 bits per heavy atom. The van der Waals surface area contributed by atoms with Gasteiger partial charge in [-0.2, -0.15) is 0 Å². The van der Waals surface area contributed by atoms with Crippen LogP contribution in [0.4, 0.5) is 27.1 Å². The quantitative estimate of drug-likeness (QED) is 0.374. The summed E-state index contributed by atoms with van der Waals surface area (Å²) in [5, 5.41) is 15.2. The molecule has 0 amide bonds. The van der Waals surface area contributed by atoms with Crippen molar-refractivity contribution in [1.82, 2.24) is 4.98 Å². The highest BCUT2D eigenvalue weighted by Crippen LogP contribution is 2.38. The van der Waals surface area contributed by atoms with E-state index in [1.54, 1.807) is 24.3 Å². The van der Waals surface area contributed by atoms with Gasteiger partial charge in [0.2, 0.25) is 0 Å². The maximum atomic E-state index is 14.7. The number of methoxy groups -OCH3 is 1. The number of nitro benzene ring substituents is 1. The monoisotopic (exact) mass is 426 g/mol. The Balaban J connectivity index is 1.90. The van der Waals surface area contributed by atoms with Gasteiger partial charge in [-0.1, -0.05) is 18.2 Å². The number of fused-ring (bicyclic) bond motifs is 1. The third kappa shape index (κ3) is 3.97. The van der Waals surface area contributed by atoms with E-state index < -0.39 is 22.4 Å². The molecule has 0 bridgehead atoms. The second kappa shape index (κ2) is 8.52. The average molecular weight is 426 g/mol. The summed E-state index contributed by atoms with van der Waals surface area (Å²) < 4.78 is 24.8. The molecule has 1 N–H and O–H groups in total. The van der Waals surface area contributed by atoms with Crippen LogP contribution in [0.15, 0.2) is 42.6 Å². The third-order valence-electron chi connectivity index (χ3n) is 5.05. The zero-order valence-electron chi connectivity index (χ0n) is 16.6. The third-order valence-corrected chi connectivity index (χ3v) is 5.05. The van der Waals surface area contributed by atoms with E-state index in [4.69, 9.17) is 9.47 Å². The molecular weight excluding hydrogens is 407 g/mol. The molecule has 0 unspecified atom stereocenters. The first kappa shape index (κ1) is 20.5. The van der Waals surface area contributed by atoms with Crippen molar-refractivity contribution in [3.8, 4) is 0 Å². The number of anilines is 3. The van der Waals surface area contributed by atoms with E-state index in [2.05, 4.69) is 10.3 Å². The minimum absolute atomic E-state index is 0.0235. The Morgan fingerprint density at radius 3 is 2.74 bits per heavy atom. The van der Waals surface area contributed by atoms with Gasteiger partial charge in [-0.3, -0.25) is 15.1 Å². The number of halogens is 1. The summed E-state index contributed by atoms with van der Waals surface area (Å²) in [4.78, 5) is 29.6. The van der Waals surface area contributed by atoms with E-state index in [0.29, 0.717) is 42.9 Å². The summed E-state index contributed by atoms with van der Waals surface area (Å²) in [5.74, 6) is -1.53. The van der Waals surface area contributed by atoms with Crippen LogP contribution in [0.5, 0.6) is 0 Å². The molecule has 31 heavy (non-hydrogen) atoms. The molecule has 1 fully saturated rings. The molecule has 1 aliphatic heterocycles. The number of hydrogen-bond donors (Lipinski definition) is 1. The number of carbonyl (C=O) groups is 1. The Labute approximate surface area is 176 Å². The second-order valence-electron chi connectivity index (χ2n) is 6.86. The average Bonchev–Trinajstić information content (AvgIpc) is 2.80. The highest BCUT2D eigenvalue weighted by Gasteiger charge is 2.29. The van der Waals surface area contributed by atoms with E-state index in [-0.39, 0.29) is 16.9 Å². The van der Waals surface area contributed by atoms with Gasteiger partial charge < -0.3 is 19.7 Å². The molecule has 160 valence electrons. The highest BCUT2D eigenvalue weighted by molar-refractivity contribution is 6.01. The lowest BCUT2D eigenvalue weighted by molar-refractivity contribution is -0.384. The van der Waals surface area contributed by atoms with Crippen molar-refractivity contribution in [2.24, 2.45) is 0 Å². The van der Waals surface area contributed by atoms with E-state index in [1.807, 2.05) is 4.90 Å². The van der Waals surface area contributed by atoms with Crippen LogP contribution in [0.3, 0.4) is 0 Å². The smallest absolute Gasteiger partial charge is 0.345 e. The number of benzene rings is 2. The maximum Gasteiger partial charge on any atom is 0.345 e. The summed E-state index contributed by atoms with van der Waals surface area (Å²) in [5.41, 5.74) is 0.373. The van der Waals surface area contributed by atoms with Gasteiger partial charge in [-0.15, -0.1) is 0 Å². The minimum atomic E-state index is -0.857. The van der Waals surface area contributed by atoms with E-state index in [9.17, 15) is 19.3 Å². The summed E-state index contributed by atoms with van der Waals surface area (Å²) in [6.07, 6.45) is 1.05. The molecule has 0 aliphatic carbocycles. The van der Waals surface area contributed by atoms with Crippen molar-refractivity contribution in [2.45, 2.75) is 0 Å². The summed E-state index contributed by atoms with van der Waals surface area (Å²) >= 11 is 0. The molecule has 4 rings (SSSR count). The van der Waals surface area contributed by atoms with Crippen molar-refractivity contribution in [3.63, 3.8) is 0 Å². The van der Waals surface area contributed by atoms with Crippen LogP contribution in [0.25, 0.3) is 10.9 Å². The zero-order chi connectivity index (χ0) is 22.0. The number of morpholine rings is 1. The molecule has 0 spiro atoms. The first-order chi connectivity index (χ1) is 15.0. The topological polar surface area (TPSA) is 107 Å². The number of nitrogens with one attached hydrogen (secondary N) is 1. The number of carbonyl (C=O) groups excluding carboxylic acids is 1. The van der Waals surface area contributed by atoms with Gasteiger partial charge in [-0.25, -0.2) is 9.18 Å². The second-order valence-corrected chi connectivity index (χ2v) is 6.86. The van der Waals surface area contributed by atoms with Crippen molar-refractivity contribution < 1.29 is 23.6 Å². The van der Waals surface area contributed by atoms with Gasteiger partial charge in [-0.05, 0) is 18.2 Å². The Morgan fingerprint density at radius 1 is 1.29 bits per heavy atom. The molecule has 3 aromatic rings. The van der Waals surface area contributed by atoms with Crippen LogP contribution in [0.1, 0.15) is 10.4 Å². The van der Waals surface area contributed by atoms with E-state index in [0.717, 1.165) is 13.3 Å². The van der Waals surface area contributed by atoms with Crippen molar-refractivity contribution >= 4 is 39.6 Å².